The van der Waals surface area contributed by atoms with Crippen LogP contribution in [0.1, 0.15) is 48.0 Å². The number of carbonyl (C=O) groups is 1. The molecule has 168 valence electrons. The first-order valence-corrected chi connectivity index (χ1v) is 10.9. The molecule has 0 aliphatic carbocycles. The molecule has 0 atom stereocenters. The summed E-state index contributed by atoms with van der Waals surface area (Å²) in [5.74, 6) is -0.0236. The average molecular weight is 509 g/mol. The molecule has 0 radical (unpaired) electrons. The average Bonchev–Trinajstić information content (AvgIpc) is 3.22. The SMILES string of the molecule is Cc1ccccc1C(=O)Oc1ccc(Br)cc1/C=N\n1c(=O)c(C(C)(C)C)nn2cnnc12. The van der Waals surface area contributed by atoms with E-state index in [0.29, 0.717) is 22.6 Å². The molecule has 0 bridgehead atoms. The molecule has 0 aliphatic heterocycles. The maximum absolute atomic E-state index is 13.1. The van der Waals surface area contributed by atoms with Crippen molar-refractivity contribution >= 4 is 33.9 Å². The monoisotopic (exact) mass is 508 g/mol. The van der Waals surface area contributed by atoms with Crippen LogP contribution in [0.3, 0.4) is 0 Å². The Hall–Kier alpha value is -3.66. The quantitative estimate of drug-likeness (QED) is 0.236. The first-order valence-electron chi connectivity index (χ1n) is 10.1. The molecule has 0 spiro atoms. The molecule has 0 unspecified atom stereocenters. The Morgan fingerprint density at radius 2 is 1.94 bits per heavy atom. The van der Waals surface area contributed by atoms with Crippen LogP contribution in [0.2, 0.25) is 0 Å². The summed E-state index contributed by atoms with van der Waals surface area (Å²) in [6.07, 6.45) is 2.85. The molecule has 2 aromatic carbocycles. The largest absolute Gasteiger partial charge is 0.422 e. The highest BCUT2D eigenvalue weighted by Crippen LogP contribution is 2.24. The zero-order chi connectivity index (χ0) is 23.8. The van der Waals surface area contributed by atoms with Gasteiger partial charge in [0.05, 0.1) is 11.8 Å². The summed E-state index contributed by atoms with van der Waals surface area (Å²) < 4.78 is 8.94. The number of nitrogens with zero attached hydrogens (tertiary/aromatic N) is 6. The predicted molar refractivity (Wildman–Crippen MR) is 127 cm³/mol. The highest BCUT2D eigenvalue weighted by atomic mass is 79.9. The fourth-order valence-corrected chi connectivity index (χ4v) is 3.52. The van der Waals surface area contributed by atoms with E-state index in [0.717, 1.165) is 14.7 Å². The molecule has 2 heterocycles. The van der Waals surface area contributed by atoms with E-state index in [-0.39, 0.29) is 5.78 Å². The molecule has 9 nitrogen and oxygen atoms in total. The number of hydrogen-bond acceptors (Lipinski definition) is 7. The van der Waals surface area contributed by atoms with Gasteiger partial charge < -0.3 is 4.74 Å². The molecule has 0 saturated carbocycles. The summed E-state index contributed by atoms with van der Waals surface area (Å²) in [6.45, 7) is 7.50. The van der Waals surface area contributed by atoms with E-state index in [1.165, 1.54) is 17.1 Å². The van der Waals surface area contributed by atoms with Crippen molar-refractivity contribution in [2.45, 2.75) is 33.1 Å². The standard InChI is InChI=1S/C23H21BrN6O3/c1-14-7-5-6-8-17(14)21(32)33-18-10-9-16(24)11-15(18)12-26-30-20(31)19(23(2,3)4)28-29-13-25-27-22(29)30/h5-13H,1-4H3/b26-12-. The van der Waals surface area contributed by atoms with Gasteiger partial charge in [-0.15, -0.1) is 10.2 Å². The van der Waals surface area contributed by atoms with E-state index in [4.69, 9.17) is 4.74 Å². The van der Waals surface area contributed by atoms with Gasteiger partial charge in [0.1, 0.15) is 17.8 Å². The second-order valence-electron chi connectivity index (χ2n) is 8.42. The summed E-state index contributed by atoms with van der Waals surface area (Å²) >= 11 is 3.42. The highest BCUT2D eigenvalue weighted by molar-refractivity contribution is 9.10. The lowest BCUT2D eigenvalue weighted by Crippen LogP contribution is -2.33. The molecule has 10 heteroatoms. The summed E-state index contributed by atoms with van der Waals surface area (Å²) in [7, 11) is 0. The van der Waals surface area contributed by atoms with Crippen molar-refractivity contribution in [1.29, 1.82) is 0 Å². The van der Waals surface area contributed by atoms with Gasteiger partial charge in [0, 0.05) is 15.5 Å². The lowest BCUT2D eigenvalue weighted by atomic mass is 9.93. The van der Waals surface area contributed by atoms with Crippen LogP contribution in [-0.2, 0) is 5.41 Å². The van der Waals surface area contributed by atoms with E-state index in [9.17, 15) is 9.59 Å². The van der Waals surface area contributed by atoms with Gasteiger partial charge in [0.2, 0.25) is 0 Å². The van der Waals surface area contributed by atoms with Gasteiger partial charge in [-0.3, -0.25) is 4.79 Å². The fraction of sp³-hybridized carbons (Fsp3) is 0.217. The molecule has 4 rings (SSSR count). The predicted octanol–water partition coefficient (Wildman–Crippen LogP) is 3.76. The molecule has 2 aromatic heterocycles. The van der Waals surface area contributed by atoms with Crippen molar-refractivity contribution in [3.8, 4) is 5.75 Å². The van der Waals surface area contributed by atoms with Gasteiger partial charge in [-0.1, -0.05) is 54.9 Å². The van der Waals surface area contributed by atoms with Crippen LogP contribution < -0.4 is 10.3 Å². The maximum atomic E-state index is 13.1. The second kappa shape index (κ2) is 8.70. The first kappa shape index (κ1) is 22.5. The van der Waals surface area contributed by atoms with E-state index < -0.39 is 16.9 Å². The molecule has 0 aliphatic rings. The topological polar surface area (TPSA) is 104 Å². The van der Waals surface area contributed by atoms with Gasteiger partial charge in [-0.05, 0) is 36.8 Å². The third-order valence-corrected chi connectivity index (χ3v) is 5.36. The van der Waals surface area contributed by atoms with Crippen LogP contribution in [0.5, 0.6) is 5.75 Å². The zero-order valence-electron chi connectivity index (χ0n) is 18.5. The van der Waals surface area contributed by atoms with Crippen molar-refractivity contribution in [3.05, 3.63) is 86.0 Å². The van der Waals surface area contributed by atoms with Crippen LogP contribution in [-0.4, -0.2) is 36.7 Å². The summed E-state index contributed by atoms with van der Waals surface area (Å²) in [5.41, 5.74) is 1.15. The molecule has 4 aromatic rings. The molecule has 0 fully saturated rings. The van der Waals surface area contributed by atoms with Crippen molar-refractivity contribution < 1.29 is 9.53 Å². The van der Waals surface area contributed by atoms with Crippen molar-refractivity contribution in [3.63, 3.8) is 0 Å². The third kappa shape index (κ3) is 4.61. The van der Waals surface area contributed by atoms with Gasteiger partial charge in [0.25, 0.3) is 11.3 Å². The zero-order valence-corrected chi connectivity index (χ0v) is 20.1. The minimum atomic E-state index is -0.517. The van der Waals surface area contributed by atoms with Crippen LogP contribution in [0.25, 0.3) is 5.78 Å². The molecule has 0 saturated heterocycles. The van der Waals surface area contributed by atoms with Crippen LogP contribution in [0.4, 0.5) is 0 Å². The molecular weight excluding hydrogens is 488 g/mol. The number of hydrogen-bond donors (Lipinski definition) is 0. The Kier molecular flexibility index (Phi) is 5.94. The Morgan fingerprint density at radius 1 is 1.18 bits per heavy atom. The summed E-state index contributed by atoms with van der Waals surface area (Å²) in [5, 5.41) is 16.5. The van der Waals surface area contributed by atoms with Gasteiger partial charge in [0.15, 0.2) is 0 Å². The third-order valence-electron chi connectivity index (χ3n) is 4.87. The van der Waals surface area contributed by atoms with Crippen LogP contribution >= 0.6 is 15.9 Å². The highest BCUT2D eigenvalue weighted by Gasteiger charge is 2.24. The molecular formula is C23H21BrN6O3. The number of aryl methyl sites for hydroxylation is 1. The summed E-state index contributed by atoms with van der Waals surface area (Å²) in [6, 6.07) is 12.3. The summed E-state index contributed by atoms with van der Waals surface area (Å²) in [4.78, 5) is 25.8. The number of benzene rings is 2. The lowest BCUT2D eigenvalue weighted by molar-refractivity contribution is 0.0733. The Morgan fingerprint density at radius 3 is 2.67 bits per heavy atom. The normalized spacial score (nSPS) is 11.9. The number of carbonyl (C=O) groups excluding carboxylic acids is 1. The van der Waals surface area contributed by atoms with Gasteiger partial charge in [-0.2, -0.15) is 19.4 Å². The maximum Gasteiger partial charge on any atom is 0.343 e. The Balaban J connectivity index is 1.76. The first-order chi connectivity index (χ1) is 15.6. The molecule has 33 heavy (non-hydrogen) atoms. The number of fused-ring (bicyclic) bond motifs is 1. The Labute approximate surface area is 197 Å². The minimum absolute atomic E-state index is 0.165. The number of esters is 1. The van der Waals surface area contributed by atoms with E-state index in [1.807, 2.05) is 39.8 Å². The number of rotatable bonds is 4. The van der Waals surface area contributed by atoms with Crippen molar-refractivity contribution in [1.82, 2.24) is 24.5 Å². The van der Waals surface area contributed by atoms with Gasteiger partial charge in [-0.25, -0.2) is 4.79 Å². The van der Waals surface area contributed by atoms with Crippen molar-refractivity contribution in [2.75, 3.05) is 0 Å². The second-order valence-corrected chi connectivity index (χ2v) is 9.34. The Bertz CT molecular complexity index is 1450. The van der Waals surface area contributed by atoms with Crippen molar-refractivity contribution in [2.24, 2.45) is 5.10 Å². The fourth-order valence-electron chi connectivity index (χ4n) is 3.14. The number of ether oxygens (including phenoxy) is 1. The number of aromatic nitrogens is 5. The minimum Gasteiger partial charge on any atom is -0.422 e. The van der Waals surface area contributed by atoms with E-state index in [1.54, 1.807) is 30.3 Å². The molecule has 0 amide bonds. The number of halogens is 1. The van der Waals surface area contributed by atoms with Crippen LogP contribution in [0, 0.1) is 6.92 Å². The van der Waals surface area contributed by atoms with Crippen LogP contribution in [0.15, 0.2) is 63.2 Å². The van der Waals surface area contributed by atoms with E-state index >= 15 is 0 Å². The smallest absolute Gasteiger partial charge is 0.343 e. The lowest BCUT2D eigenvalue weighted by Gasteiger charge is -2.17. The van der Waals surface area contributed by atoms with Gasteiger partial charge >= 0.3 is 5.97 Å². The molecule has 0 N–H and O–H groups in total. The van der Waals surface area contributed by atoms with E-state index in [2.05, 4.69) is 36.3 Å².